The summed E-state index contributed by atoms with van der Waals surface area (Å²) in [6.45, 7) is 3.94. The largest absolute Gasteiger partial charge is 0.466 e. The molecule has 13 heavy (non-hydrogen) atoms. The molecule has 76 valence electrons. The molecule has 0 aromatic heterocycles. The van der Waals surface area contributed by atoms with Crippen LogP contribution in [-0.4, -0.2) is 23.7 Å². The molecule has 3 nitrogen and oxygen atoms in total. The first-order chi connectivity index (χ1) is 6.11. The van der Waals surface area contributed by atoms with E-state index in [4.69, 9.17) is 11.6 Å². The summed E-state index contributed by atoms with van der Waals surface area (Å²) in [6, 6.07) is 0. The molecule has 4 heteroatoms. The minimum absolute atomic E-state index is 0.0196. The van der Waals surface area contributed by atoms with Crippen LogP contribution in [0.5, 0.6) is 0 Å². The fourth-order valence-corrected chi connectivity index (χ4v) is 1.12. The number of ketones is 1. The number of rotatable bonds is 6. The third kappa shape index (κ3) is 5.64. The summed E-state index contributed by atoms with van der Waals surface area (Å²) in [5.74, 6) is -0.496. The molecule has 0 aliphatic heterocycles. The highest BCUT2D eigenvalue weighted by Crippen LogP contribution is 2.08. The summed E-state index contributed by atoms with van der Waals surface area (Å²) in [5, 5.41) is -0.723. The Morgan fingerprint density at radius 1 is 1.38 bits per heavy atom. The number of carbonyl (C=O) groups excluding carboxylic acids is 2. The van der Waals surface area contributed by atoms with Gasteiger partial charge in [-0.15, -0.1) is 11.6 Å². The summed E-state index contributed by atoms with van der Waals surface area (Å²) < 4.78 is 4.67. The number of hydrogen-bond acceptors (Lipinski definition) is 3. The molecular formula is C9H15ClO3. The minimum Gasteiger partial charge on any atom is -0.466 e. The molecule has 0 aromatic carbocycles. The summed E-state index contributed by atoms with van der Waals surface area (Å²) in [4.78, 5) is 22.0. The van der Waals surface area contributed by atoms with Crippen LogP contribution in [0.15, 0.2) is 0 Å². The van der Waals surface area contributed by atoms with E-state index in [1.54, 1.807) is 6.92 Å². The van der Waals surface area contributed by atoms with E-state index in [0.717, 1.165) is 6.42 Å². The molecule has 0 aliphatic carbocycles. The van der Waals surface area contributed by atoms with Gasteiger partial charge >= 0.3 is 5.97 Å². The molecule has 0 amide bonds. The maximum Gasteiger partial charge on any atom is 0.307 e. The topological polar surface area (TPSA) is 43.4 Å². The van der Waals surface area contributed by atoms with Crippen molar-refractivity contribution in [2.45, 2.75) is 38.5 Å². The van der Waals surface area contributed by atoms with Crippen molar-refractivity contribution in [1.29, 1.82) is 0 Å². The lowest BCUT2D eigenvalue weighted by atomic mass is 10.1. The highest BCUT2D eigenvalue weighted by molar-refractivity contribution is 6.32. The van der Waals surface area contributed by atoms with Crippen molar-refractivity contribution in [3.8, 4) is 0 Å². The fraction of sp³-hybridized carbons (Fsp3) is 0.778. The first kappa shape index (κ1) is 12.4. The minimum atomic E-state index is -0.723. The van der Waals surface area contributed by atoms with Crippen LogP contribution in [0.2, 0.25) is 0 Å². The Balaban J connectivity index is 3.78. The normalized spacial score (nSPS) is 12.2. The lowest BCUT2D eigenvalue weighted by molar-refractivity contribution is -0.144. The number of alkyl halides is 1. The number of halogens is 1. The third-order valence-corrected chi connectivity index (χ3v) is 1.89. The molecule has 0 aromatic rings. The summed E-state index contributed by atoms with van der Waals surface area (Å²) >= 11 is 5.69. The smallest absolute Gasteiger partial charge is 0.307 e. The van der Waals surface area contributed by atoms with Gasteiger partial charge in [-0.25, -0.2) is 0 Å². The van der Waals surface area contributed by atoms with Crippen LogP contribution in [0.3, 0.4) is 0 Å². The predicted octanol–water partition coefficient (Wildman–Crippen LogP) is 1.92. The Morgan fingerprint density at radius 2 is 2.00 bits per heavy atom. The summed E-state index contributed by atoms with van der Waals surface area (Å²) in [6.07, 6.45) is 1.16. The Labute approximate surface area is 83.4 Å². The molecule has 0 spiro atoms. The molecule has 0 heterocycles. The molecule has 0 saturated heterocycles. The second-order valence-electron chi connectivity index (χ2n) is 2.69. The highest BCUT2D eigenvalue weighted by Gasteiger charge is 2.18. The summed E-state index contributed by atoms with van der Waals surface area (Å²) in [5.41, 5.74) is 0. The van der Waals surface area contributed by atoms with Crippen molar-refractivity contribution in [3.05, 3.63) is 0 Å². The highest BCUT2D eigenvalue weighted by atomic mass is 35.5. The van der Waals surface area contributed by atoms with E-state index >= 15 is 0 Å². The Hall–Kier alpha value is -0.570. The standard InChI is InChI=1S/C9H15ClO3/c1-3-5-8(11)7(10)6-9(12)13-4-2/h7H,3-6H2,1-2H3. The number of carbonyl (C=O) groups is 2. The van der Waals surface area contributed by atoms with E-state index < -0.39 is 11.3 Å². The molecule has 0 saturated carbocycles. The van der Waals surface area contributed by atoms with Gasteiger partial charge in [0.1, 0.15) is 5.38 Å². The van der Waals surface area contributed by atoms with Gasteiger partial charge in [-0.1, -0.05) is 6.92 Å². The van der Waals surface area contributed by atoms with Crippen molar-refractivity contribution in [3.63, 3.8) is 0 Å². The first-order valence-corrected chi connectivity index (χ1v) is 4.87. The maximum absolute atomic E-state index is 11.1. The van der Waals surface area contributed by atoms with Gasteiger partial charge < -0.3 is 4.74 Å². The van der Waals surface area contributed by atoms with Crippen LogP contribution in [-0.2, 0) is 14.3 Å². The van der Waals surface area contributed by atoms with Gasteiger partial charge in [0.2, 0.25) is 0 Å². The lowest BCUT2D eigenvalue weighted by Gasteiger charge is -2.06. The van der Waals surface area contributed by atoms with Crippen molar-refractivity contribution in [2.24, 2.45) is 0 Å². The molecule has 0 rings (SSSR count). The maximum atomic E-state index is 11.1. The van der Waals surface area contributed by atoms with Crippen LogP contribution in [0.1, 0.15) is 33.1 Å². The molecule has 0 N–H and O–H groups in total. The third-order valence-electron chi connectivity index (χ3n) is 1.50. The average Bonchev–Trinajstić information content (AvgIpc) is 2.05. The van der Waals surface area contributed by atoms with Crippen molar-refractivity contribution < 1.29 is 14.3 Å². The number of hydrogen-bond donors (Lipinski definition) is 0. The van der Waals surface area contributed by atoms with E-state index in [2.05, 4.69) is 4.74 Å². The van der Waals surface area contributed by atoms with Crippen LogP contribution in [0, 0.1) is 0 Å². The zero-order valence-electron chi connectivity index (χ0n) is 8.01. The second kappa shape index (κ2) is 6.89. The van der Waals surface area contributed by atoms with E-state index in [1.165, 1.54) is 0 Å². The zero-order chi connectivity index (χ0) is 10.3. The van der Waals surface area contributed by atoms with E-state index in [9.17, 15) is 9.59 Å². The van der Waals surface area contributed by atoms with Gasteiger partial charge in [0.25, 0.3) is 0 Å². The molecule has 1 unspecified atom stereocenters. The first-order valence-electron chi connectivity index (χ1n) is 4.44. The van der Waals surface area contributed by atoms with Crippen LogP contribution in [0.25, 0.3) is 0 Å². The molecule has 0 fully saturated rings. The van der Waals surface area contributed by atoms with Gasteiger partial charge in [-0.3, -0.25) is 9.59 Å². The van der Waals surface area contributed by atoms with Crippen LogP contribution in [0.4, 0.5) is 0 Å². The van der Waals surface area contributed by atoms with Crippen LogP contribution >= 0.6 is 11.6 Å². The van der Waals surface area contributed by atoms with E-state index in [-0.39, 0.29) is 12.2 Å². The Bertz CT molecular complexity index is 180. The fourth-order valence-electron chi connectivity index (χ4n) is 0.883. The van der Waals surface area contributed by atoms with Gasteiger partial charge in [-0.05, 0) is 13.3 Å². The van der Waals surface area contributed by atoms with Crippen molar-refractivity contribution in [2.75, 3.05) is 6.61 Å². The number of ether oxygens (including phenoxy) is 1. The summed E-state index contributed by atoms with van der Waals surface area (Å²) in [7, 11) is 0. The molecule has 1 atom stereocenters. The SMILES string of the molecule is CCCC(=O)C(Cl)CC(=O)OCC. The quantitative estimate of drug-likeness (QED) is 0.493. The van der Waals surface area contributed by atoms with Crippen LogP contribution < -0.4 is 0 Å². The molecule has 0 aliphatic rings. The monoisotopic (exact) mass is 206 g/mol. The number of esters is 1. The van der Waals surface area contributed by atoms with Crippen molar-refractivity contribution in [1.82, 2.24) is 0 Å². The van der Waals surface area contributed by atoms with E-state index in [1.807, 2.05) is 6.92 Å². The predicted molar refractivity (Wildman–Crippen MR) is 50.8 cm³/mol. The van der Waals surface area contributed by atoms with Gasteiger partial charge in [-0.2, -0.15) is 0 Å². The van der Waals surface area contributed by atoms with Gasteiger partial charge in [0.15, 0.2) is 5.78 Å². The average molecular weight is 207 g/mol. The lowest BCUT2D eigenvalue weighted by Crippen LogP contribution is -2.19. The van der Waals surface area contributed by atoms with Gasteiger partial charge in [0.05, 0.1) is 13.0 Å². The van der Waals surface area contributed by atoms with E-state index in [0.29, 0.717) is 13.0 Å². The van der Waals surface area contributed by atoms with Crippen molar-refractivity contribution >= 4 is 23.4 Å². The van der Waals surface area contributed by atoms with Gasteiger partial charge in [0, 0.05) is 6.42 Å². The molecule has 0 bridgehead atoms. The molecule has 0 radical (unpaired) electrons. The number of Topliss-reactive ketones (excluding diaryl/α,β-unsaturated/α-hetero) is 1. The zero-order valence-corrected chi connectivity index (χ0v) is 8.76. The second-order valence-corrected chi connectivity index (χ2v) is 3.22. The Kier molecular flexibility index (Phi) is 6.59. The molecular weight excluding hydrogens is 192 g/mol. The Morgan fingerprint density at radius 3 is 2.46 bits per heavy atom.